The van der Waals surface area contributed by atoms with Crippen LogP contribution in [0.15, 0.2) is 30.3 Å². The Balaban J connectivity index is 0.00000200. The molecule has 1 fully saturated rings. The highest BCUT2D eigenvalue weighted by atomic mass is 35.5. The van der Waals surface area contributed by atoms with Crippen molar-refractivity contribution in [3.63, 3.8) is 0 Å². The zero-order valence-corrected chi connectivity index (χ0v) is 13.7. The lowest BCUT2D eigenvalue weighted by atomic mass is 9.88. The first-order chi connectivity index (χ1) is 9.20. The fraction of sp³-hybridized carbons (Fsp3) is 0.500. The van der Waals surface area contributed by atoms with Gasteiger partial charge in [-0.3, -0.25) is 15.5 Å². The molecule has 1 aromatic rings. The van der Waals surface area contributed by atoms with Gasteiger partial charge in [0.25, 0.3) is 0 Å². The van der Waals surface area contributed by atoms with E-state index < -0.39 is 5.54 Å². The molecule has 0 saturated carbocycles. The third-order valence-electron chi connectivity index (χ3n) is 3.81. The van der Waals surface area contributed by atoms with Crippen LogP contribution in [0.2, 0.25) is 0 Å². The molecule has 0 atom stereocenters. The summed E-state index contributed by atoms with van der Waals surface area (Å²) in [6, 6.07) is 10.3. The Morgan fingerprint density at radius 3 is 2.33 bits per heavy atom. The van der Waals surface area contributed by atoms with E-state index >= 15 is 0 Å². The van der Waals surface area contributed by atoms with Gasteiger partial charge in [0, 0.05) is 19.6 Å². The minimum Gasteiger partial charge on any atom is -0.468 e. The molecule has 0 radical (unpaired) electrons. The number of rotatable bonds is 4. The van der Waals surface area contributed by atoms with E-state index in [9.17, 15) is 4.79 Å². The number of esters is 1. The second kappa shape index (κ2) is 9.23. The molecule has 21 heavy (non-hydrogen) atoms. The largest absolute Gasteiger partial charge is 0.468 e. The number of hydrazine groups is 1. The highest BCUT2D eigenvalue weighted by Gasteiger charge is 2.41. The Hall–Kier alpha value is -0.850. The fourth-order valence-corrected chi connectivity index (χ4v) is 2.54. The van der Waals surface area contributed by atoms with Crippen LogP contribution in [0.5, 0.6) is 0 Å². The lowest BCUT2D eigenvalue weighted by Gasteiger charge is -2.39. The quantitative estimate of drug-likeness (QED) is 0.496. The van der Waals surface area contributed by atoms with Crippen LogP contribution in [0.3, 0.4) is 0 Å². The van der Waals surface area contributed by atoms with Gasteiger partial charge in [0.05, 0.1) is 7.11 Å². The van der Waals surface area contributed by atoms with Crippen LogP contribution in [0, 0.1) is 0 Å². The standard InChI is InChI=1S/C14H21N3O2.2ClH/c1-19-13(18)14(16-15)7-9-17(10-8-14)11-12-5-3-2-4-6-12;;/h2-6,16H,7-11,15H2,1H3;2*1H. The predicted octanol–water partition coefficient (Wildman–Crippen LogP) is 1.50. The van der Waals surface area contributed by atoms with Crippen molar-refractivity contribution in [1.82, 2.24) is 10.3 Å². The molecule has 0 bridgehead atoms. The topological polar surface area (TPSA) is 67.6 Å². The molecule has 0 aromatic heterocycles. The lowest BCUT2D eigenvalue weighted by Crippen LogP contribution is -2.61. The lowest BCUT2D eigenvalue weighted by molar-refractivity contribution is -0.151. The number of likely N-dealkylation sites (tertiary alicyclic amines) is 1. The van der Waals surface area contributed by atoms with Crippen molar-refractivity contribution >= 4 is 30.8 Å². The molecular weight excluding hydrogens is 313 g/mol. The average molecular weight is 336 g/mol. The fourth-order valence-electron chi connectivity index (χ4n) is 2.54. The number of nitrogens with zero attached hydrogens (tertiary/aromatic N) is 1. The van der Waals surface area contributed by atoms with E-state index in [-0.39, 0.29) is 30.8 Å². The van der Waals surface area contributed by atoms with Crippen molar-refractivity contribution in [2.75, 3.05) is 20.2 Å². The number of halogens is 2. The number of nitrogens with one attached hydrogen (secondary N) is 1. The summed E-state index contributed by atoms with van der Waals surface area (Å²) < 4.78 is 4.84. The summed E-state index contributed by atoms with van der Waals surface area (Å²) in [5, 5.41) is 0. The maximum Gasteiger partial charge on any atom is 0.327 e. The maximum absolute atomic E-state index is 11.8. The van der Waals surface area contributed by atoms with Gasteiger partial charge in [0.1, 0.15) is 5.54 Å². The molecule has 7 heteroatoms. The molecular formula is C14H23Cl2N3O2. The molecule has 2 rings (SSSR count). The summed E-state index contributed by atoms with van der Waals surface area (Å²) in [6.07, 6.45) is 1.34. The van der Waals surface area contributed by atoms with Crippen molar-refractivity contribution in [2.24, 2.45) is 5.84 Å². The molecule has 0 aliphatic carbocycles. The second-order valence-electron chi connectivity index (χ2n) is 4.98. The minimum atomic E-state index is -0.720. The summed E-state index contributed by atoms with van der Waals surface area (Å²) in [5.41, 5.74) is 3.22. The first-order valence-corrected chi connectivity index (χ1v) is 6.53. The monoisotopic (exact) mass is 335 g/mol. The van der Waals surface area contributed by atoms with Gasteiger partial charge >= 0.3 is 5.97 Å². The van der Waals surface area contributed by atoms with Gasteiger partial charge in [-0.1, -0.05) is 30.3 Å². The first-order valence-electron chi connectivity index (χ1n) is 6.53. The van der Waals surface area contributed by atoms with E-state index in [2.05, 4.69) is 22.5 Å². The van der Waals surface area contributed by atoms with Gasteiger partial charge in [-0.2, -0.15) is 0 Å². The third-order valence-corrected chi connectivity index (χ3v) is 3.81. The Morgan fingerprint density at radius 2 is 1.86 bits per heavy atom. The molecule has 5 nitrogen and oxygen atoms in total. The summed E-state index contributed by atoms with van der Waals surface area (Å²) in [5.74, 6) is 5.27. The van der Waals surface area contributed by atoms with E-state index in [4.69, 9.17) is 10.6 Å². The Kier molecular flexibility index (Phi) is 8.85. The Morgan fingerprint density at radius 1 is 1.29 bits per heavy atom. The molecule has 0 unspecified atom stereocenters. The number of carbonyl (C=O) groups is 1. The van der Waals surface area contributed by atoms with Gasteiger partial charge < -0.3 is 4.74 Å². The molecule has 1 heterocycles. The van der Waals surface area contributed by atoms with Crippen molar-refractivity contribution in [3.8, 4) is 0 Å². The van der Waals surface area contributed by atoms with Crippen molar-refractivity contribution < 1.29 is 9.53 Å². The number of carbonyl (C=O) groups excluding carboxylic acids is 1. The average Bonchev–Trinajstić information content (AvgIpc) is 2.48. The highest BCUT2D eigenvalue weighted by Crippen LogP contribution is 2.24. The van der Waals surface area contributed by atoms with Crippen LogP contribution in [-0.4, -0.2) is 36.6 Å². The third kappa shape index (κ3) is 4.83. The van der Waals surface area contributed by atoms with Gasteiger partial charge in [0.15, 0.2) is 0 Å². The number of ether oxygens (including phenoxy) is 1. The molecule has 1 aliphatic heterocycles. The number of nitrogens with two attached hydrogens (primary N) is 1. The molecule has 0 spiro atoms. The molecule has 120 valence electrons. The van der Waals surface area contributed by atoms with E-state index in [0.717, 1.165) is 19.6 Å². The number of hydrogen-bond donors (Lipinski definition) is 2. The number of methoxy groups -OCH3 is 1. The zero-order valence-electron chi connectivity index (χ0n) is 12.1. The Bertz CT molecular complexity index is 423. The van der Waals surface area contributed by atoms with Gasteiger partial charge in [-0.25, -0.2) is 5.43 Å². The van der Waals surface area contributed by atoms with Gasteiger partial charge in [-0.05, 0) is 18.4 Å². The van der Waals surface area contributed by atoms with Crippen molar-refractivity contribution in [1.29, 1.82) is 0 Å². The molecule has 1 aliphatic rings. The van der Waals surface area contributed by atoms with Crippen LogP contribution in [0.4, 0.5) is 0 Å². The summed E-state index contributed by atoms with van der Waals surface area (Å²) >= 11 is 0. The van der Waals surface area contributed by atoms with E-state index in [1.165, 1.54) is 12.7 Å². The smallest absolute Gasteiger partial charge is 0.327 e. The number of piperidine rings is 1. The minimum absolute atomic E-state index is 0. The Labute approximate surface area is 138 Å². The summed E-state index contributed by atoms with van der Waals surface area (Å²) in [7, 11) is 1.40. The van der Waals surface area contributed by atoms with E-state index in [1.54, 1.807) is 0 Å². The second-order valence-corrected chi connectivity index (χ2v) is 4.98. The summed E-state index contributed by atoms with van der Waals surface area (Å²) in [6.45, 7) is 2.56. The molecule has 0 amide bonds. The SMILES string of the molecule is COC(=O)C1(NN)CCN(Cc2ccccc2)CC1.Cl.Cl. The molecule has 3 N–H and O–H groups in total. The number of hydrogen-bond acceptors (Lipinski definition) is 5. The van der Waals surface area contributed by atoms with Crippen LogP contribution < -0.4 is 11.3 Å². The van der Waals surface area contributed by atoms with Gasteiger partial charge in [-0.15, -0.1) is 24.8 Å². The number of benzene rings is 1. The van der Waals surface area contributed by atoms with Crippen LogP contribution >= 0.6 is 24.8 Å². The van der Waals surface area contributed by atoms with Crippen LogP contribution in [-0.2, 0) is 16.1 Å². The molecule has 1 aromatic carbocycles. The highest BCUT2D eigenvalue weighted by molar-refractivity contribution is 5.85. The zero-order chi connectivity index (χ0) is 13.7. The molecule has 1 saturated heterocycles. The predicted molar refractivity (Wildman–Crippen MR) is 87.5 cm³/mol. The maximum atomic E-state index is 11.8. The summed E-state index contributed by atoms with van der Waals surface area (Å²) in [4.78, 5) is 14.1. The van der Waals surface area contributed by atoms with Gasteiger partial charge in [0.2, 0.25) is 0 Å². The van der Waals surface area contributed by atoms with Crippen molar-refractivity contribution in [2.45, 2.75) is 24.9 Å². The van der Waals surface area contributed by atoms with E-state index in [1.807, 2.05) is 18.2 Å². The van der Waals surface area contributed by atoms with Crippen molar-refractivity contribution in [3.05, 3.63) is 35.9 Å². The van der Waals surface area contributed by atoms with Crippen LogP contribution in [0.25, 0.3) is 0 Å². The first kappa shape index (κ1) is 20.1. The van der Waals surface area contributed by atoms with E-state index in [0.29, 0.717) is 12.8 Å². The van der Waals surface area contributed by atoms with Crippen LogP contribution in [0.1, 0.15) is 18.4 Å². The normalized spacial score (nSPS) is 17.2.